The summed E-state index contributed by atoms with van der Waals surface area (Å²) in [6.45, 7) is 4.36. The van der Waals surface area contributed by atoms with Gasteiger partial charge in [0.2, 0.25) is 0 Å². The van der Waals surface area contributed by atoms with Crippen LogP contribution in [0.4, 0.5) is 0 Å². The van der Waals surface area contributed by atoms with Crippen molar-refractivity contribution in [3.63, 3.8) is 0 Å². The molecule has 1 N–H and O–H groups in total. The molecule has 0 aliphatic heterocycles. The van der Waals surface area contributed by atoms with E-state index in [4.69, 9.17) is 16.3 Å². The average molecular weight is 335 g/mol. The molecule has 5 heteroatoms. The number of carbonyl (C=O) groups excluding carboxylic acids is 1. The molecule has 0 aliphatic carbocycles. The summed E-state index contributed by atoms with van der Waals surface area (Å²) in [6, 6.07) is 7.00. The summed E-state index contributed by atoms with van der Waals surface area (Å²) in [7, 11) is 0. The van der Waals surface area contributed by atoms with E-state index in [2.05, 4.69) is 28.2 Å². The summed E-state index contributed by atoms with van der Waals surface area (Å²) in [6.07, 6.45) is 0.420. The summed E-state index contributed by atoms with van der Waals surface area (Å²) in [5.74, 6) is 0.462. The predicted molar refractivity (Wildman–Crippen MR) is 77.6 cm³/mol. The van der Waals surface area contributed by atoms with Gasteiger partial charge in [-0.1, -0.05) is 40.5 Å². The van der Waals surface area contributed by atoms with E-state index in [1.54, 1.807) is 31.2 Å². The molecule has 0 fully saturated rings. The zero-order chi connectivity index (χ0) is 13.5. The third-order valence-electron chi connectivity index (χ3n) is 2.42. The van der Waals surface area contributed by atoms with Gasteiger partial charge in [-0.05, 0) is 31.5 Å². The Hall–Kier alpha value is -0.740. The second-order valence-electron chi connectivity index (χ2n) is 3.97. The molecule has 0 heterocycles. The monoisotopic (exact) mass is 333 g/mol. The van der Waals surface area contributed by atoms with Crippen LogP contribution in [-0.2, 0) is 4.79 Å². The zero-order valence-corrected chi connectivity index (χ0v) is 12.8. The van der Waals surface area contributed by atoms with Crippen molar-refractivity contribution in [2.75, 3.05) is 6.54 Å². The Labute approximate surface area is 121 Å². The van der Waals surface area contributed by atoms with Gasteiger partial charge in [-0.15, -0.1) is 0 Å². The largest absolute Gasteiger partial charge is 0.481 e. The minimum atomic E-state index is -0.542. The van der Waals surface area contributed by atoms with Gasteiger partial charge >= 0.3 is 0 Å². The first-order chi connectivity index (χ1) is 8.52. The molecule has 100 valence electrons. The quantitative estimate of drug-likeness (QED) is 0.810. The molecule has 1 amide bonds. The molecule has 0 radical (unpaired) electrons. The van der Waals surface area contributed by atoms with E-state index >= 15 is 0 Å². The Morgan fingerprint density at radius 1 is 1.56 bits per heavy atom. The van der Waals surface area contributed by atoms with E-state index in [1.807, 2.05) is 0 Å². The highest BCUT2D eigenvalue weighted by Crippen LogP contribution is 2.18. The van der Waals surface area contributed by atoms with Crippen molar-refractivity contribution in [2.45, 2.75) is 31.2 Å². The molecule has 0 saturated heterocycles. The number of carbonyl (C=O) groups is 1. The Bertz CT molecular complexity index is 400. The normalized spacial score (nSPS) is 13.8. The fourth-order valence-corrected chi connectivity index (χ4v) is 1.64. The van der Waals surface area contributed by atoms with Gasteiger partial charge in [-0.3, -0.25) is 4.79 Å². The first-order valence-corrected chi connectivity index (χ1v) is 7.16. The summed E-state index contributed by atoms with van der Waals surface area (Å²) >= 11 is 9.30. The van der Waals surface area contributed by atoms with Crippen LogP contribution in [0.25, 0.3) is 0 Å². The number of nitrogens with one attached hydrogen (secondary N) is 1. The number of hydrogen-bond donors (Lipinski definition) is 1. The van der Waals surface area contributed by atoms with Crippen LogP contribution in [0.1, 0.15) is 20.3 Å². The van der Waals surface area contributed by atoms with Crippen LogP contribution in [0.5, 0.6) is 5.75 Å². The van der Waals surface area contributed by atoms with E-state index in [0.717, 1.165) is 6.42 Å². The topological polar surface area (TPSA) is 38.3 Å². The van der Waals surface area contributed by atoms with E-state index in [1.165, 1.54) is 0 Å². The molecule has 1 aromatic carbocycles. The molecule has 1 rings (SSSR count). The molecule has 1 aromatic rings. The van der Waals surface area contributed by atoms with Crippen molar-refractivity contribution >= 4 is 33.4 Å². The maximum atomic E-state index is 11.8. The van der Waals surface area contributed by atoms with Gasteiger partial charge in [0.1, 0.15) is 5.75 Å². The fraction of sp³-hybridized carbons (Fsp3) is 0.462. The number of alkyl halides is 1. The SMILES string of the molecule is CCC(Br)CNC(=O)C(C)Oc1cccc(Cl)c1. The van der Waals surface area contributed by atoms with Crippen molar-refractivity contribution in [2.24, 2.45) is 0 Å². The van der Waals surface area contributed by atoms with E-state index < -0.39 is 6.10 Å². The Morgan fingerprint density at radius 3 is 2.89 bits per heavy atom. The molecular weight excluding hydrogens is 318 g/mol. The number of amides is 1. The average Bonchev–Trinajstić information content (AvgIpc) is 2.35. The van der Waals surface area contributed by atoms with Crippen molar-refractivity contribution in [3.8, 4) is 5.75 Å². The van der Waals surface area contributed by atoms with Gasteiger partial charge in [0, 0.05) is 16.4 Å². The van der Waals surface area contributed by atoms with Crippen molar-refractivity contribution < 1.29 is 9.53 Å². The molecule has 0 bridgehead atoms. The molecule has 2 atom stereocenters. The van der Waals surface area contributed by atoms with Crippen LogP contribution in [0.3, 0.4) is 0 Å². The van der Waals surface area contributed by atoms with E-state index in [0.29, 0.717) is 22.1 Å². The first-order valence-electron chi connectivity index (χ1n) is 5.87. The highest BCUT2D eigenvalue weighted by atomic mass is 79.9. The van der Waals surface area contributed by atoms with Crippen LogP contribution in [-0.4, -0.2) is 23.4 Å². The third kappa shape index (κ3) is 5.27. The Balaban J connectivity index is 2.45. The standard InChI is InChI=1S/C13H17BrClNO2/c1-3-10(14)8-16-13(17)9(2)18-12-6-4-5-11(15)7-12/h4-7,9-10H,3,8H2,1-2H3,(H,16,17). The highest BCUT2D eigenvalue weighted by Gasteiger charge is 2.15. The lowest BCUT2D eigenvalue weighted by atomic mass is 10.3. The highest BCUT2D eigenvalue weighted by molar-refractivity contribution is 9.09. The molecule has 0 saturated carbocycles. The number of halogens is 2. The Kier molecular flexibility index (Phi) is 6.50. The van der Waals surface area contributed by atoms with E-state index in [-0.39, 0.29) is 5.91 Å². The second-order valence-corrected chi connectivity index (χ2v) is 5.70. The third-order valence-corrected chi connectivity index (χ3v) is 3.63. The van der Waals surface area contributed by atoms with Gasteiger partial charge in [0.05, 0.1) is 0 Å². The van der Waals surface area contributed by atoms with Gasteiger partial charge < -0.3 is 10.1 Å². The van der Waals surface area contributed by atoms with Crippen molar-refractivity contribution in [3.05, 3.63) is 29.3 Å². The number of rotatable bonds is 6. The van der Waals surface area contributed by atoms with Crippen LogP contribution in [0, 0.1) is 0 Å². The maximum absolute atomic E-state index is 11.8. The number of hydrogen-bond acceptors (Lipinski definition) is 2. The van der Waals surface area contributed by atoms with Gasteiger partial charge in [-0.25, -0.2) is 0 Å². The lowest BCUT2D eigenvalue weighted by molar-refractivity contribution is -0.127. The summed E-state index contributed by atoms with van der Waals surface area (Å²) < 4.78 is 5.51. The van der Waals surface area contributed by atoms with Gasteiger partial charge in [0.25, 0.3) is 5.91 Å². The summed E-state index contributed by atoms with van der Waals surface area (Å²) in [4.78, 5) is 12.1. The van der Waals surface area contributed by atoms with Gasteiger partial charge in [0.15, 0.2) is 6.10 Å². The second kappa shape index (κ2) is 7.64. The minimum Gasteiger partial charge on any atom is -0.481 e. The molecule has 3 nitrogen and oxygen atoms in total. The molecule has 18 heavy (non-hydrogen) atoms. The zero-order valence-electron chi connectivity index (χ0n) is 10.5. The van der Waals surface area contributed by atoms with Crippen LogP contribution in [0.2, 0.25) is 5.02 Å². The summed E-state index contributed by atoms with van der Waals surface area (Å²) in [5.41, 5.74) is 0. The molecule has 0 aliphatic rings. The molecule has 0 aromatic heterocycles. The smallest absolute Gasteiger partial charge is 0.260 e. The molecule has 2 unspecified atom stereocenters. The molecular formula is C13H17BrClNO2. The maximum Gasteiger partial charge on any atom is 0.260 e. The fourth-order valence-electron chi connectivity index (χ4n) is 1.30. The number of benzene rings is 1. The van der Waals surface area contributed by atoms with Crippen molar-refractivity contribution in [1.82, 2.24) is 5.32 Å². The van der Waals surface area contributed by atoms with Crippen LogP contribution >= 0.6 is 27.5 Å². The van der Waals surface area contributed by atoms with Gasteiger partial charge in [-0.2, -0.15) is 0 Å². The first kappa shape index (κ1) is 15.3. The van der Waals surface area contributed by atoms with Crippen LogP contribution < -0.4 is 10.1 Å². The molecule has 0 spiro atoms. The Morgan fingerprint density at radius 2 is 2.28 bits per heavy atom. The van der Waals surface area contributed by atoms with E-state index in [9.17, 15) is 4.79 Å². The predicted octanol–water partition coefficient (Wildman–Crippen LogP) is 3.40. The number of ether oxygens (including phenoxy) is 1. The summed E-state index contributed by atoms with van der Waals surface area (Å²) in [5, 5.41) is 3.41. The lowest BCUT2D eigenvalue weighted by Crippen LogP contribution is -2.39. The van der Waals surface area contributed by atoms with Crippen LogP contribution in [0.15, 0.2) is 24.3 Å². The minimum absolute atomic E-state index is 0.132. The van der Waals surface area contributed by atoms with Crippen molar-refractivity contribution in [1.29, 1.82) is 0 Å². The lowest BCUT2D eigenvalue weighted by Gasteiger charge is -2.16.